The van der Waals surface area contributed by atoms with Gasteiger partial charge in [-0.05, 0) is 61.4 Å². The minimum Gasteiger partial charge on any atom is -0.490 e. The number of benzene rings is 2. The molecule has 0 radical (unpaired) electrons. The first-order valence-corrected chi connectivity index (χ1v) is 12.6. The van der Waals surface area contributed by atoms with Crippen LogP contribution in [-0.2, 0) is 15.7 Å². The highest BCUT2D eigenvalue weighted by molar-refractivity contribution is 7.83. The molecule has 1 saturated carbocycles. The van der Waals surface area contributed by atoms with Crippen LogP contribution in [0.3, 0.4) is 0 Å². The van der Waals surface area contributed by atoms with E-state index in [1.807, 2.05) is 32.0 Å². The monoisotopic (exact) mass is 478 g/mol. The van der Waals surface area contributed by atoms with Crippen molar-refractivity contribution < 1.29 is 18.2 Å². The van der Waals surface area contributed by atoms with Gasteiger partial charge in [-0.15, -0.1) is 0 Å². The summed E-state index contributed by atoms with van der Waals surface area (Å²) in [5.41, 5.74) is 4.38. The van der Waals surface area contributed by atoms with Gasteiger partial charge < -0.3 is 14.0 Å². The van der Waals surface area contributed by atoms with Crippen molar-refractivity contribution in [3.8, 4) is 34.7 Å². The molecule has 1 aromatic heterocycles. The highest BCUT2D eigenvalue weighted by atomic mass is 32.2. The second-order valence-electron chi connectivity index (χ2n) is 8.86. The van der Waals surface area contributed by atoms with E-state index in [9.17, 15) is 9.47 Å². The summed E-state index contributed by atoms with van der Waals surface area (Å²) in [5.74, 6) is 2.69. The summed E-state index contributed by atoms with van der Waals surface area (Å²) >= 11 is 0. The molecule has 2 aromatic carbocycles. The van der Waals surface area contributed by atoms with Crippen molar-refractivity contribution in [1.82, 2.24) is 14.9 Å². The third-order valence-corrected chi connectivity index (χ3v) is 7.28. The van der Waals surface area contributed by atoms with Gasteiger partial charge in [-0.2, -0.15) is 10.2 Å². The molecule has 3 aromatic rings. The highest BCUT2D eigenvalue weighted by Gasteiger charge is 2.53. The molecule has 34 heavy (non-hydrogen) atoms. The Morgan fingerprint density at radius 2 is 2.18 bits per heavy atom. The molecule has 5 rings (SSSR count). The van der Waals surface area contributed by atoms with Gasteiger partial charge in [0, 0.05) is 24.3 Å². The largest absolute Gasteiger partial charge is 0.490 e. The molecule has 8 nitrogen and oxygen atoms in total. The predicted molar refractivity (Wildman–Crippen MR) is 127 cm³/mol. The summed E-state index contributed by atoms with van der Waals surface area (Å²) in [5, 5.41) is 13.8. The van der Waals surface area contributed by atoms with Gasteiger partial charge in [0.05, 0.1) is 35.0 Å². The third-order valence-electron chi connectivity index (χ3n) is 6.22. The van der Waals surface area contributed by atoms with E-state index >= 15 is 0 Å². The normalized spacial score (nSPS) is 21.1. The van der Waals surface area contributed by atoms with E-state index < -0.39 is 11.0 Å². The zero-order valence-corrected chi connectivity index (χ0v) is 20.1. The minimum absolute atomic E-state index is 0.0323. The number of nitrogens with one attached hydrogen (secondary N) is 1. The quantitative estimate of drug-likeness (QED) is 0.492. The molecule has 4 atom stereocenters. The fraction of sp³-hybridized carbons (Fsp3) is 0.400. The summed E-state index contributed by atoms with van der Waals surface area (Å²) in [7, 11) is 0.457. The Labute approximate surface area is 200 Å². The molecule has 0 amide bonds. The number of hydrogen-bond acceptors (Lipinski definition) is 7. The van der Waals surface area contributed by atoms with E-state index in [1.165, 1.54) is 5.56 Å². The fourth-order valence-corrected chi connectivity index (χ4v) is 5.70. The Kier molecular flexibility index (Phi) is 6.21. The van der Waals surface area contributed by atoms with Crippen LogP contribution < -0.4 is 9.46 Å². The van der Waals surface area contributed by atoms with Crippen LogP contribution in [-0.4, -0.2) is 39.9 Å². The average molecular weight is 479 g/mol. The predicted octanol–water partition coefficient (Wildman–Crippen LogP) is 4.12. The van der Waals surface area contributed by atoms with Gasteiger partial charge in [0.2, 0.25) is 5.82 Å². The van der Waals surface area contributed by atoms with E-state index in [2.05, 4.69) is 27.0 Å². The van der Waals surface area contributed by atoms with Gasteiger partial charge in [0.1, 0.15) is 11.8 Å². The maximum Gasteiger partial charge on any atom is 0.258 e. The molecule has 2 aliphatic carbocycles. The van der Waals surface area contributed by atoms with Crippen LogP contribution in [0.1, 0.15) is 48.9 Å². The second kappa shape index (κ2) is 9.29. The van der Waals surface area contributed by atoms with Crippen molar-refractivity contribution in [2.75, 3.05) is 19.5 Å². The lowest BCUT2D eigenvalue weighted by molar-refractivity contribution is 0.217. The molecule has 1 fully saturated rings. The molecule has 1 heterocycles. The summed E-state index contributed by atoms with van der Waals surface area (Å²) in [4.78, 5) is 4.65. The van der Waals surface area contributed by atoms with Crippen LogP contribution in [0.2, 0.25) is 0 Å². The first-order valence-electron chi connectivity index (χ1n) is 11.3. The van der Waals surface area contributed by atoms with Gasteiger partial charge in [0.25, 0.3) is 5.89 Å². The number of methoxy groups -OCH3 is 1. The highest BCUT2D eigenvalue weighted by Crippen LogP contribution is 2.63. The van der Waals surface area contributed by atoms with Gasteiger partial charge in [0.15, 0.2) is 0 Å². The van der Waals surface area contributed by atoms with Crippen LogP contribution >= 0.6 is 0 Å². The zero-order chi connectivity index (χ0) is 23.8. The molecule has 0 saturated heterocycles. The van der Waals surface area contributed by atoms with E-state index in [4.69, 9.17) is 14.0 Å². The number of rotatable bonds is 9. The Bertz CT molecular complexity index is 1280. The molecule has 2 aliphatic rings. The van der Waals surface area contributed by atoms with Crippen molar-refractivity contribution in [3.63, 3.8) is 0 Å². The van der Waals surface area contributed by atoms with Crippen LogP contribution in [0.15, 0.2) is 40.9 Å². The van der Waals surface area contributed by atoms with Crippen molar-refractivity contribution in [2.24, 2.45) is 5.92 Å². The maximum atomic E-state index is 12.4. The number of hydrogen-bond donors (Lipinski definition) is 1. The standard InChI is InChI=1S/C25H26N4O4S/c1-14(2)32-21-8-7-15(11-16(21)13-26)25-27-24(28-33-25)18-6-4-5-17-22(18)19-12-20(19)23(17)29-34(30)10-9-31-3/h4-8,11,14,19-20,23,29H,9-10,12H2,1-3H3. The zero-order valence-electron chi connectivity index (χ0n) is 19.3. The lowest BCUT2D eigenvalue weighted by Crippen LogP contribution is -2.27. The van der Waals surface area contributed by atoms with Crippen LogP contribution in [0, 0.1) is 17.2 Å². The summed E-state index contributed by atoms with van der Waals surface area (Å²) in [6.45, 7) is 4.29. The molecule has 0 spiro atoms. The number of nitrogens with zero attached hydrogens (tertiary/aromatic N) is 3. The average Bonchev–Trinajstić information content (AvgIpc) is 3.34. The first-order chi connectivity index (χ1) is 16.5. The van der Waals surface area contributed by atoms with Crippen LogP contribution in [0.4, 0.5) is 0 Å². The lowest BCUT2D eigenvalue weighted by Gasteiger charge is -2.17. The Morgan fingerprint density at radius 1 is 1.32 bits per heavy atom. The van der Waals surface area contributed by atoms with Gasteiger partial charge in [-0.25, -0.2) is 8.93 Å². The van der Waals surface area contributed by atoms with Gasteiger partial charge in [-0.1, -0.05) is 23.4 Å². The topological polar surface area (TPSA) is 110 Å². The Hall–Kier alpha value is -3.06. The Balaban J connectivity index is 1.42. The number of aromatic nitrogens is 2. The number of ether oxygens (including phenoxy) is 2. The van der Waals surface area contributed by atoms with Gasteiger partial charge in [-0.3, -0.25) is 0 Å². The van der Waals surface area contributed by atoms with E-state index in [0.29, 0.717) is 52.8 Å². The molecule has 0 bridgehead atoms. The lowest BCUT2D eigenvalue weighted by atomic mass is 9.97. The van der Waals surface area contributed by atoms with Crippen molar-refractivity contribution in [1.29, 1.82) is 5.26 Å². The molecule has 1 N–H and O–H groups in total. The minimum atomic E-state index is -1.15. The molecular formula is C25H26N4O4S. The molecule has 0 aliphatic heterocycles. The van der Waals surface area contributed by atoms with Crippen LogP contribution in [0.5, 0.6) is 5.75 Å². The Morgan fingerprint density at radius 3 is 2.94 bits per heavy atom. The fourth-order valence-electron chi connectivity index (χ4n) is 4.68. The molecule has 9 heteroatoms. The van der Waals surface area contributed by atoms with Crippen molar-refractivity contribution in [3.05, 3.63) is 53.1 Å². The van der Waals surface area contributed by atoms with Crippen molar-refractivity contribution >= 4 is 11.0 Å². The molecular weight excluding hydrogens is 452 g/mol. The number of nitriles is 1. The van der Waals surface area contributed by atoms with E-state index in [-0.39, 0.29) is 12.1 Å². The van der Waals surface area contributed by atoms with E-state index in [0.717, 1.165) is 17.5 Å². The smallest absolute Gasteiger partial charge is 0.258 e. The number of fused-ring (bicyclic) bond motifs is 3. The van der Waals surface area contributed by atoms with E-state index in [1.54, 1.807) is 19.2 Å². The maximum absolute atomic E-state index is 12.4. The van der Waals surface area contributed by atoms with Crippen LogP contribution in [0.25, 0.3) is 22.8 Å². The van der Waals surface area contributed by atoms with Gasteiger partial charge >= 0.3 is 0 Å². The van der Waals surface area contributed by atoms with Crippen molar-refractivity contribution in [2.45, 2.75) is 38.3 Å². The second-order valence-corrected chi connectivity index (χ2v) is 10.2. The molecule has 4 unspecified atom stereocenters. The summed E-state index contributed by atoms with van der Waals surface area (Å²) < 4.78 is 32.1. The summed E-state index contributed by atoms with van der Waals surface area (Å²) in [6, 6.07) is 13.6. The first kappa shape index (κ1) is 22.7. The SMILES string of the molecule is COCCS(=O)NC1c2cccc(-c3noc(-c4ccc(OC(C)C)c(C#N)c4)n3)c2C2CC21. The summed E-state index contributed by atoms with van der Waals surface area (Å²) in [6.07, 6.45) is 1.02. The molecule has 176 valence electrons. The third kappa shape index (κ3) is 4.25.